The molecule has 1 amide bonds. The number of likely N-dealkylation sites (N-methyl/N-ethyl adjacent to an activating group) is 1. The molecule has 6 nitrogen and oxygen atoms in total. The van der Waals surface area contributed by atoms with Crippen LogP contribution in [0.4, 0.5) is 0 Å². The van der Waals surface area contributed by atoms with E-state index in [4.69, 9.17) is 5.11 Å². The molecule has 1 rings (SSSR count). The number of carbonyl (C=O) groups is 2. The number of aliphatic carboxylic acids is 1. The average Bonchev–Trinajstić information content (AvgIpc) is 2.43. The molecule has 114 valence electrons. The number of hydrogen-bond acceptors (Lipinski definition) is 4. The number of aromatic nitrogens is 1. The monoisotopic (exact) mass is 291 g/mol. The van der Waals surface area contributed by atoms with E-state index in [1.54, 1.807) is 12.1 Å². The van der Waals surface area contributed by atoms with Crippen LogP contribution in [-0.4, -0.2) is 53.0 Å². The average molecular weight is 291 g/mol. The fraction of sp³-hybridized carbons (Fsp3) is 0.400. The molecule has 0 saturated heterocycles. The molecule has 0 unspecified atom stereocenters. The van der Waals surface area contributed by atoms with Gasteiger partial charge in [0.2, 0.25) is 0 Å². The first kappa shape index (κ1) is 16.8. The van der Waals surface area contributed by atoms with Crippen molar-refractivity contribution in [1.82, 2.24) is 15.2 Å². The molecule has 1 aromatic rings. The minimum Gasteiger partial charge on any atom is -0.478 e. The van der Waals surface area contributed by atoms with Gasteiger partial charge in [-0.3, -0.25) is 9.78 Å². The van der Waals surface area contributed by atoms with Gasteiger partial charge in [-0.25, -0.2) is 4.79 Å². The lowest BCUT2D eigenvalue weighted by atomic mass is 10.0. The summed E-state index contributed by atoms with van der Waals surface area (Å²) in [6, 6.07) is 3.22. The predicted octanol–water partition coefficient (Wildman–Crippen LogP) is 1.25. The van der Waals surface area contributed by atoms with Crippen LogP contribution in [0.25, 0.3) is 6.08 Å². The number of carboxylic acids is 1. The lowest BCUT2D eigenvalue weighted by molar-refractivity contribution is -0.131. The zero-order valence-corrected chi connectivity index (χ0v) is 12.8. The molecular weight excluding hydrogens is 270 g/mol. The Balaban J connectivity index is 2.66. The van der Waals surface area contributed by atoms with Crippen LogP contribution in [0.1, 0.15) is 29.9 Å². The van der Waals surface area contributed by atoms with Crippen molar-refractivity contribution in [3.8, 4) is 0 Å². The van der Waals surface area contributed by atoms with Crippen molar-refractivity contribution >= 4 is 18.0 Å². The van der Waals surface area contributed by atoms with Crippen molar-refractivity contribution in [2.75, 3.05) is 20.6 Å². The van der Waals surface area contributed by atoms with Crippen LogP contribution in [0.2, 0.25) is 0 Å². The Morgan fingerprint density at radius 1 is 1.38 bits per heavy atom. The van der Waals surface area contributed by atoms with Gasteiger partial charge in [0.05, 0.1) is 0 Å². The highest BCUT2D eigenvalue weighted by molar-refractivity contribution is 5.92. The van der Waals surface area contributed by atoms with E-state index >= 15 is 0 Å². The maximum Gasteiger partial charge on any atom is 0.328 e. The minimum atomic E-state index is -1.03. The third-order valence-electron chi connectivity index (χ3n) is 3.33. The molecule has 0 aliphatic heterocycles. The summed E-state index contributed by atoms with van der Waals surface area (Å²) in [5, 5.41) is 11.4. The Labute approximate surface area is 124 Å². The number of hydrogen-bond donors (Lipinski definition) is 2. The van der Waals surface area contributed by atoms with E-state index in [-0.39, 0.29) is 11.4 Å². The lowest BCUT2D eigenvalue weighted by Gasteiger charge is -2.32. The van der Waals surface area contributed by atoms with Gasteiger partial charge in [0.25, 0.3) is 5.91 Å². The molecule has 1 aromatic heterocycles. The quantitative estimate of drug-likeness (QED) is 0.771. The smallest absolute Gasteiger partial charge is 0.328 e. The molecule has 0 radical (unpaired) electrons. The fourth-order valence-corrected chi connectivity index (χ4v) is 1.35. The summed E-state index contributed by atoms with van der Waals surface area (Å²) in [7, 11) is 3.90. The van der Waals surface area contributed by atoms with Crippen LogP contribution in [0, 0.1) is 0 Å². The molecule has 0 bridgehead atoms. The number of carboxylic acid groups (broad SMARTS) is 1. The number of carbonyl (C=O) groups excluding carboxylic acids is 1. The summed E-state index contributed by atoms with van der Waals surface area (Å²) in [5.41, 5.74) is 0.777. The van der Waals surface area contributed by atoms with Gasteiger partial charge in [0.1, 0.15) is 5.69 Å². The van der Waals surface area contributed by atoms with Gasteiger partial charge >= 0.3 is 5.97 Å². The van der Waals surface area contributed by atoms with Gasteiger partial charge in [-0.1, -0.05) is 6.07 Å². The number of pyridine rings is 1. The highest BCUT2D eigenvalue weighted by Crippen LogP contribution is 2.08. The molecule has 0 aliphatic rings. The van der Waals surface area contributed by atoms with Crippen LogP contribution in [0.15, 0.2) is 24.4 Å². The molecule has 2 N–H and O–H groups in total. The molecule has 1 heterocycles. The maximum absolute atomic E-state index is 12.0. The number of rotatable bonds is 6. The second kappa shape index (κ2) is 6.99. The third-order valence-corrected chi connectivity index (χ3v) is 3.33. The first-order valence-electron chi connectivity index (χ1n) is 6.55. The van der Waals surface area contributed by atoms with Crippen molar-refractivity contribution in [3.05, 3.63) is 35.7 Å². The van der Waals surface area contributed by atoms with Crippen molar-refractivity contribution in [3.63, 3.8) is 0 Å². The Morgan fingerprint density at radius 3 is 2.52 bits per heavy atom. The van der Waals surface area contributed by atoms with Gasteiger partial charge in [-0.15, -0.1) is 0 Å². The van der Waals surface area contributed by atoms with Gasteiger partial charge in [-0.2, -0.15) is 0 Å². The topological polar surface area (TPSA) is 82.5 Å². The van der Waals surface area contributed by atoms with Crippen LogP contribution < -0.4 is 5.32 Å². The van der Waals surface area contributed by atoms with E-state index in [2.05, 4.69) is 10.3 Å². The van der Waals surface area contributed by atoms with Crippen LogP contribution >= 0.6 is 0 Å². The molecule has 0 saturated carbocycles. The van der Waals surface area contributed by atoms with Gasteiger partial charge in [0, 0.05) is 24.4 Å². The molecule has 6 heteroatoms. The number of amides is 1. The standard InChI is InChI=1S/C15H21N3O3/c1-15(2,18(3)4)10-17-14(21)12-7-5-11(9-16-12)6-8-13(19)20/h5-9H,10H2,1-4H3,(H,17,21)(H,19,20). The van der Waals surface area contributed by atoms with Crippen molar-refractivity contribution in [1.29, 1.82) is 0 Å². The molecule has 0 atom stereocenters. The molecule has 0 aromatic carbocycles. The van der Waals surface area contributed by atoms with Crippen LogP contribution in [0.3, 0.4) is 0 Å². The zero-order chi connectivity index (χ0) is 16.0. The third kappa shape index (κ3) is 5.35. The SMILES string of the molecule is CN(C)C(C)(C)CNC(=O)c1ccc(C=CC(=O)O)cn1. The number of nitrogens with zero attached hydrogens (tertiary/aromatic N) is 2. The largest absolute Gasteiger partial charge is 0.478 e. The molecule has 0 spiro atoms. The first-order chi connectivity index (χ1) is 9.72. The highest BCUT2D eigenvalue weighted by atomic mass is 16.4. The summed E-state index contributed by atoms with van der Waals surface area (Å²) in [5.74, 6) is -1.28. The van der Waals surface area contributed by atoms with Gasteiger partial charge in [-0.05, 0) is 45.6 Å². The summed E-state index contributed by atoms with van der Waals surface area (Å²) in [6.45, 7) is 4.56. The summed E-state index contributed by atoms with van der Waals surface area (Å²) in [6.07, 6.45) is 3.91. The normalized spacial score (nSPS) is 11.9. The predicted molar refractivity (Wildman–Crippen MR) is 81.0 cm³/mol. The molecule has 0 fully saturated rings. The summed E-state index contributed by atoms with van der Waals surface area (Å²) < 4.78 is 0. The minimum absolute atomic E-state index is 0.153. The van der Waals surface area contributed by atoms with Crippen LogP contribution in [-0.2, 0) is 4.79 Å². The maximum atomic E-state index is 12.0. The lowest BCUT2D eigenvalue weighted by Crippen LogP contribution is -2.48. The van der Waals surface area contributed by atoms with E-state index in [0.29, 0.717) is 17.8 Å². The summed E-state index contributed by atoms with van der Waals surface area (Å²) in [4.78, 5) is 28.5. The van der Waals surface area contributed by atoms with Crippen molar-refractivity contribution in [2.24, 2.45) is 0 Å². The van der Waals surface area contributed by atoms with Gasteiger partial charge in [0.15, 0.2) is 0 Å². The van der Waals surface area contributed by atoms with Crippen LogP contribution in [0.5, 0.6) is 0 Å². The van der Waals surface area contributed by atoms with Crippen molar-refractivity contribution in [2.45, 2.75) is 19.4 Å². The Kier molecular flexibility index (Phi) is 5.60. The second-order valence-electron chi connectivity index (χ2n) is 5.54. The van der Waals surface area contributed by atoms with E-state index in [9.17, 15) is 9.59 Å². The Bertz CT molecular complexity index is 534. The first-order valence-corrected chi connectivity index (χ1v) is 6.55. The Morgan fingerprint density at radius 2 is 2.05 bits per heavy atom. The summed E-state index contributed by atoms with van der Waals surface area (Å²) >= 11 is 0. The van der Waals surface area contributed by atoms with E-state index in [1.165, 1.54) is 12.3 Å². The van der Waals surface area contributed by atoms with E-state index in [0.717, 1.165) is 6.08 Å². The second-order valence-corrected chi connectivity index (χ2v) is 5.54. The zero-order valence-electron chi connectivity index (χ0n) is 12.8. The van der Waals surface area contributed by atoms with E-state index in [1.807, 2.05) is 32.8 Å². The molecule has 21 heavy (non-hydrogen) atoms. The fourth-order valence-electron chi connectivity index (χ4n) is 1.35. The molecule has 0 aliphatic carbocycles. The van der Waals surface area contributed by atoms with Crippen molar-refractivity contribution < 1.29 is 14.7 Å². The van der Waals surface area contributed by atoms with Gasteiger partial charge < -0.3 is 15.3 Å². The highest BCUT2D eigenvalue weighted by Gasteiger charge is 2.21. The molecular formula is C15H21N3O3. The number of nitrogens with one attached hydrogen (secondary N) is 1. The Hall–Kier alpha value is -2.21. The van der Waals surface area contributed by atoms with E-state index < -0.39 is 5.97 Å².